The van der Waals surface area contributed by atoms with Crippen molar-refractivity contribution in [3.8, 4) is 0 Å². The molecular weight excluding hydrogens is 244 g/mol. The summed E-state index contributed by atoms with van der Waals surface area (Å²) >= 11 is 0. The summed E-state index contributed by atoms with van der Waals surface area (Å²) in [6.45, 7) is 1.65. The summed E-state index contributed by atoms with van der Waals surface area (Å²) in [5.41, 5.74) is 0.921. The number of benzene rings is 1. The second kappa shape index (κ2) is 7.10. The maximum atomic E-state index is 11.0. The molecule has 0 spiro atoms. The number of esters is 1. The molecule has 0 aromatic heterocycles. The molecule has 0 unspecified atom stereocenters. The number of aliphatic hydroxyl groups excluding tert-OH is 1. The van der Waals surface area contributed by atoms with Gasteiger partial charge in [-0.2, -0.15) is 0 Å². The fourth-order valence-corrected chi connectivity index (χ4v) is 0.941. The van der Waals surface area contributed by atoms with Gasteiger partial charge in [-0.1, -0.05) is 30.3 Å². The van der Waals surface area contributed by atoms with Crippen molar-refractivity contribution in [1.82, 2.24) is 0 Å². The van der Waals surface area contributed by atoms with Crippen molar-refractivity contribution < 1.29 is 31.7 Å². The summed E-state index contributed by atoms with van der Waals surface area (Å²) in [4.78, 5) is 11.0. The molecule has 1 rings (SSSR count). The Balaban J connectivity index is 0.00000196. The predicted molar refractivity (Wildman–Crippen MR) is 52.6 cm³/mol. The molecule has 1 N–H and O–H groups in total. The van der Waals surface area contributed by atoms with Crippen molar-refractivity contribution in [2.24, 2.45) is 0 Å². The number of rotatable bonds is 3. The van der Waals surface area contributed by atoms with Crippen LogP contribution in [0.5, 0.6) is 0 Å². The first-order chi connectivity index (χ1) is 6.68. The zero-order chi connectivity index (χ0) is 10.4. The van der Waals surface area contributed by atoms with Gasteiger partial charge < -0.3 is 9.84 Å². The molecule has 0 saturated heterocycles. The summed E-state index contributed by atoms with van der Waals surface area (Å²) in [5, 5.41) is 8.78. The van der Waals surface area contributed by atoms with E-state index in [0.717, 1.165) is 11.6 Å². The molecule has 0 amide bonds. The van der Waals surface area contributed by atoms with Gasteiger partial charge in [-0.25, -0.2) is 4.79 Å². The Labute approximate surface area is 99.2 Å². The minimum absolute atomic E-state index is 0. The van der Waals surface area contributed by atoms with Crippen LogP contribution < -0.4 is 0 Å². The fourth-order valence-electron chi connectivity index (χ4n) is 0.941. The first kappa shape index (κ1) is 13.7. The quantitative estimate of drug-likeness (QED) is 0.390. The molecule has 15 heavy (non-hydrogen) atoms. The maximum absolute atomic E-state index is 11.0. The predicted octanol–water partition coefficient (Wildman–Crippen LogP) is 2.19. The van der Waals surface area contributed by atoms with Crippen LogP contribution >= 0.6 is 0 Å². The van der Waals surface area contributed by atoms with E-state index in [9.17, 15) is 4.79 Å². The molecule has 0 aliphatic heterocycles. The topological polar surface area (TPSA) is 46.5 Å². The molecule has 0 fully saturated rings. The summed E-state index contributed by atoms with van der Waals surface area (Å²) in [7, 11) is 0. The van der Waals surface area contributed by atoms with Crippen LogP contribution in [0.3, 0.4) is 0 Å². The molecule has 0 saturated carbocycles. The fraction of sp³-hybridized carbons (Fsp3) is 0.182. The van der Waals surface area contributed by atoms with Gasteiger partial charge >= 0.3 is 5.97 Å². The molecule has 1 radical (unpaired) electrons. The van der Waals surface area contributed by atoms with Gasteiger partial charge in [0.15, 0.2) is 0 Å². The van der Waals surface area contributed by atoms with Gasteiger partial charge in [0.05, 0.1) is 11.8 Å². The average molecular weight is 256 g/mol. The van der Waals surface area contributed by atoms with Crippen LogP contribution in [0.2, 0.25) is 0 Å². The minimum Gasteiger partial charge on any atom is -0.512 e. The van der Waals surface area contributed by atoms with E-state index < -0.39 is 5.97 Å². The zero-order valence-corrected chi connectivity index (χ0v) is 9.18. The molecule has 1 aromatic carbocycles. The molecule has 3 nitrogen and oxygen atoms in total. The molecule has 1 aromatic rings. The smallest absolute Gasteiger partial charge is 0.334 e. The number of ether oxygens (including phenoxy) is 1. The Hall–Kier alpha value is -1.25. The Morgan fingerprint density at radius 3 is 2.53 bits per heavy atom. The van der Waals surface area contributed by atoms with E-state index >= 15 is 0 Å². The van der Waals surface area contributed by atoms with Gasteiger partial charge in [-0.15, -0.1) is 0 Å². The maximum Gasteiger partial charge on any atom is 0.334 e. The first-order valence-corrected chi connectivity index (χ1v) is 4.26. The average Bonchev–Trinajstić information content (AvgIpc) is 2.15. The largest absolute Gasteiger partial charge is 0.512 e. The van der Waals surface area contributed by atoms with E-state index in [1.54, 1.807) is 0 Å². The Morgan fingerprint density at radius 1 is 1.40 bits per heavy atom. The van der Waals surface area contributed by atoms with Crippen LogP contribution in [0.25, 0.3) is 0 Å². The monoisotopic (exact) mass is 255 g/mol. The first-order valence-electron chi connectivity index (χ1n) is 4.26. The van der Waals surface area contributed by atoms with Crippen LogP contribution in [0.15, 0.2) is 42.2 Å². The molecule has 0 atom stereocenters. The van der Waals surface area contributed by atoms with Crippen molar-refractivity contribution in [3.05, 3.63) is 47.7 Å². The van der Waals surface area contributed by atoms with E-state index in [-0.39, 0.29) is 29.4 Å². The van der Waals surface area contributed by atoms with Crippen LogP contribution in [-0.2, 0) is 33.2 Å². The van der Waals surface area contributed by atoms with Gasteiger partial charge in [-0.3, -0.25) is 0 Å². The number of carbonyl (C=O) groups excluding carboxylic acids is 1. The molecule has 0 heterocycles. The third kappa shape index (κ3) is 5.94. The number of hydrogen-bond acceptors (Lipinski definition) is 3. The number of hydrogen-bond donors (Lipinski definition) is 1. The van der Waals surface area contributed by atoms with Crippen molar-refractivity contribution in [1.29, 1.82) is 0 Å². The van der Waals surface area contributed by atoms with Gasteiger partial charge in [0.1, 0.15) is 6.61 Å². The standard InChI is InChI=1S/C11H12O3.Cu/c1-9(12)7-11(13)14-8-10-5-3-2-4-6-10;/h2-7,12H,8H2,1H3;/b9-7-;. The van der Waals surface area contributed by atoms with E-state index in [1.165, 1.54) is 6.92 Å². The van der Waals surface area contributed by atoms with Gasteiger partial charge in [-0.05, 0) is 12.5 Å². The Bertz CT molecular complexity index is 329. The van der Waals surface area contributed by atoms with Crippen LogP contribution in [0.1, 0.15) is 12.5 Å². The van der Waals surface area contributed by atoms with E-state index in [2.05, 4.69) is 0 Å². The van der Waals surface area contributed by atoms with Gasteiger partial charge in [0, 0.05) is 17.1 Å². The van der Waals surface area contributed by atoms with E-state index in [1.807, 2.05) is 30.3 Å². The van der Waals surface area contributed by atoms with Crippen molar-refractivity contribution >= 4 is 5.97 Å². The van der Waals surface area contributed by atoms with Crippen molar-refractivity contribution in [2.45, 2.75) is 13.5 Å². The van der Waals surface area contributed by atoms with Gasteiger partial charge in [0.25, 0.3) is 0 Å². The Kier molecular flexibility index (Phi) is 6.50. The number of carbonyl (C=O) groups is 1. The van der Waals surface area contributed by atoms with Gasteiger partial charge in [0.2, 0.25) is 0 Å². The zero-order valence-electron chi connectivity index (χ0n) is 8.24. The third-order valence-corrected chi connectivity index (χ3v) is 1.55. The molecule has 4 heteroatoms. The summed E-state index contributed by atoms with van der Waals surface area (Å²) in [5.74, 6) is -0.586. The minimum atomic E-state index is -0.533. The summed E-state index contributed by atoms with van der Waals surface area (Å²) in [6, 6.07) is 9.36. The van der Waals surface area contributed by atoms with Crippen LogP contribution in [-0.4, -0.2) is 11.1 Å². The van der Waals surface area contributed by atoms with E-state index in [4.69, 9.17) is 9.84 Å². The summed E-state index contributed by atoms with van der Waals surface area (Å²) < 4.78 is 4.86. The molecular formula is C11H12CuO3. The van der Waals surface area contributed by atoms with Crippen molar-refractivity contribution in [3.63, 3.8) is 0 Å². The molecule has 85 valence electrons. The number of aliphatic hydroxyl groups is 1. The summed E-state index contributed by atoms with van der Waals surface area (Å²) in [6.07, 6.45) is 1.04. The molecule has 0 bridgehead atoms. The third-order valence-electron chi connectivity index (χ3n) is 1.55. The van der Waals surface area contributed by atoms with E-state index in [0.29, 0.717) is 0 Å². The Morgan fingerprint density at radius 2 is 2.00 bits per heavy atom. The SMILES string of the molecule is C/C(O)=C/C(=O)OCc1ccccc1.[Cu]. The second-order valence-corrected chi connectivity index (χ2v) is 2.88. The molecule has 0 aliphatic rings. The van der Waals surface area contributed by atoms with Crippen molar-refractivity contribution in [2.75, 3.05) is 0 Å². The van der Waals surface area contributed by atoms with Crippen LogP contribution in [0.4, 0.5) is 0 Å². The number of allylic oxidation sites excluding steroid dienone is 1. The normalized spacial score (nSPS) is 10.3. The van der Waals surface area contributed by atoms with Crippen LogP contribution in [0, 0.1) is 0 Å². The molecule has 0 aliphatic carbocycles. The second-order valence-electron chi connectivity index (χ2n) is 2.88.